The first-order valence-electron chi connectivity index (χ1n) is 14.1. The van der Waals surface area contributed by atoms with Crippen molar-refractivity contribution in [3.63, 3.8) is 0 Å². The SMILES string of the molecule is C=CCCCc1ccc(C)cc1CNC[C@@H](O)[C@H](Cc1cc(F)cc(F)c1)NC(=O)OCc1ccccc1.O=C(O)C(F)(F)F. The van der Waals surface area contributed by atoms with Gasteiger partial charge < -0.3 is 25.6 Å². The summed E-state index contributed by atoms with van der Waals surface area (Å²) in [5, 5.41) is 24.1. The lowest BCUT2D eigenvalue weighted by Gasteiger charge is -2.25. The van der Waals surface area contributed by atoms with Crippen LogP contribution < -0.4 is 10.6 Å². The molecule has 0 heterocycles. The van der Waals surface area contributed by atoms with Gasteiger partial charge in [0, 0.05) is 19.2 Å². The minimum atomic E-state index is -5.08. The van der Waals surface area contributed by atoms with Crippen LogP contribution in [-0.4, -0.2) is 47.1 Å². The Kier molecular flexibility index (Phi) is 15.2. The number of aryl methyl sites for hydroxylation is 2. The number of amides is 1. The molecule has 0 saturated heterocycles. The number of hydrogen-bond donors (Lipinski definition) is 4. The van der Waals surface area contributed by atoms with E-state index in [1.54, 1.807) is 0 Å². The molecule has 12 heteroatoms. The maximum Gasteiger partial charge on any atom is 0.490 e. The zero-order valence-electron chi connectivity index (χ0n) is 24.7. The highest BCUT2D eigenvalue weighted by Crippen LogP contribution is 2.16. The maximum absolute atomic E-state index is 13.8. The Labute approximate surface area is 258 Å². The van der Waals surface area contributed by atoms with Crippen LogP contribution in [0.4, 0.5) is 26.7 Å². The number of unbranched alkanes of at least 4 members (excludes halogenated alkanes) is 1. The summed E-state index contributed by atoms with van der Waals surface area (Å²) < 4.78 is 64.6. The zero-order valence-corrected chi connectivity index (χ0v) is 24.7. The monoisotopic (exact) mass is 636 g/mol. The number of aliphatic carboxylic acids is 1. The molecular formula is C33H37F5N2O5. The van der Waals surface area contributed by atoms with Gasteiger partial charge in [-0.1, -0.05) is 60.2 Å². The first-order valence-corrected chi connectivity index (χ1v) is 14.1. The van der Waals surface area contributed by atoms with Crippen molar-refractivity contribution in [1.29, 1.82) is 0 Å². The van der Waals surface area contributed by atoms with Crippen molar-refractivity contribution >= 4 is 12.1 Å². The molecule has 0 radical (unpaired) electrons. The summed E-state index contributed by atoms with van der Waals surface area (Å²) >= 11 is 0. The number of alkyl halides is 3. The lowest BCUT2D eigenvalue weighted by atomic mass is 9.99. The highest BCUT2D eigenvalue weighted by molar-refractivity contribution is 5.73. The van der Waals surface area contributed by atoms with Crippen LogP contribution >= 0.6 is 0 Å². The van der Waals surface area contributed by atoms with Gasteiger partial charge in [-0.15, -0.1) is 6.58 Å². The van der Waals surface area contributed by atoms with E-state index in [1.165, 1.54) is 17.7 Å². The number of benzene rings is 3. The van der Waals surface area contributed by atoms with Gasteiger partial charge in [0.25, 0.3) is 0 Å². The van der Waals surface area contributed by atoms with Gasteiger partial charge in [-0.3, -0.25) is 0 Å². The smallest absolute Gasteiger partial charge is 0.475 e. The van der Waals surface area contributed by atoms with Crippen LogP contribution in [0.2, 0.25) is 0 Å². The first kappa shape index (κ1) is 36.9. The molecule has 0 aromatic heterocycles. The van der Waals surface area contributed by atoms with Crippen molar-refractivity contribution in [2.45, 2.75) is 64.1 Å². The van der Waals surface area contributed by atoms with Gasteiger partial charge in [0.1, 0.15) is 18.2 Å². The van der Waals surface area contributed by atoms with E-state index in [4.69, 9.17) is 14.6 Å². The zero-order chi connectivity index (χ0) is 33.4. The van der Waals surface area contributed by atoms with E-state index >= 15 is 0 Å². The Morgan fingerprint density at radius 1 is 0.978 bits per heavy atom. The fraction of sp³-hybridized carbons (Fsp3) is 0.333. The lowest BCUT2D eigenvalue weighted by molar-refractivity contribution is -0.192. The van der Waals surface area contributed by atoms with Crippen LogP contribution in [0.25, 0.3) is 0 Å². The first-order chi connectivity index (χ1) is 21.3. The Morgan fingerprint density at radius 2 is 1.62 bits per heavy atom. The Morgan fingerprint density at radius 3 is 2.22 bits per heavy atom. The third kappa shape index (κ3) is 14.4. The third-order valence-electron chi connectivity index (χ3n) is 6.49. The van der Waals surface area contributed by atoms with E-state index in [0.717, 1.165) is 42.0 Å². The molecule has 0 saturated carbocycles. The van der Waals surface area contributed by atoms with Crippen molar-refractivity contribution in [2.24, 2.45) is 0 Å². The standard InChI is InChI=1S/C31H36F2N2O3.C2HF3O2/c1-3-4-6-11-25-13-12-22(2)14-26(25)19-34-20-30(36)29(17-24-15-27(32)18-28(33)16-24)35-31(37)38-21-23-9-7-5-8-10-23;3-2(4,5)1(6)7/h3,5,7-10,12-16,18,29-30,34,36H,1,4,6,11,17,19-21H2,2H3,(H,35,37);(H,6,7)/t29-,30+;/m0./s1. The van der Waals surface area contributed by atoms with Crippen LogP contribution in [0.5, 0.6) is 0 Å². The van der Waals surface area contributed by atoms with E-state index in [9.17, 15) is 31.9 Å². The van der Waals surface area contributed by atoms with Crippen LogP contribution in [0, 0.1) is 18.6 Å². The van der Waals surface area contributed by atoms with E-state index in [1.807, 2.05) is 43.3 Å². The number of aliphatic hydroxyl groups is 1. The number of alkyl carbamates (subject to hydrolysis) is 1. The van der Waals surface area contributed by atoms with E-state index in [0.29, 0.717) is 12.1 Å². The van der Waals surface area contributed by atoms with Crippen LogP contribution in [0.1, 0.15) is 40.7 Å². The number of nitrogens with one attached hydrogen (secondary N) is 2. The second-order valence-electron chi connectivity index (χ2n) is 10.2. The summed E-state index contributed by atoms with van der Waals surface area (Å²) in [7, 11) is 0. The second kappa shape index (κ2) is 18.5. The fourth-order valence-corrected chi connectivity index (χ4v) is 4.28. The molecule has 3 aromatic carbocycles. The van der Waals surface area contributed by atoms with Crippen LogP contribution in [0.15, 0.2) is 79.4 Å². The highest BCUT2D eigenvalue weighted by atomic mass is 19.4. The fourth-order valence-electron chi connectivity index (χ4n) is 4.28. The maximum atomic E-state index is 13.8. The molecule has 244 valence electrons. The Bertz CT molecular complexity index is 1370. The van der Waals surface area contributed by atoms with E-state index in [-0.39, 0.29) is 19.6 Å². The average Bonchev–Trinajstić information content (AvgIpc) is 2.96. The number of hydrogen-bond acceptors (Lipinski definition) is 5. The molecule has 2 atom stereocenters. The van der Waals surface area contributed by atoms with Gasteiger partial charge in [-0.2, -0.15) is 13.2 Å². The number of carboxylic acids is 1. The van der Waals surface area contributed by atoms with Gasteiger partial charge in [-0.05, 0) is 67.0 Å². The minimum Gasteiger partial charge on any atom is -0.475 e. The lowest BCUT2D eigenvalue weighted by Crippen LogP contribution is -2.48. The van der Waals surface area contributed by atoms with Gasteiger partial charge in [-0.25, -0.2) is 18.4 Å². The number of carbonyl (C=O) groups is 2. The predicted molar refractivity (Wildman–Crippen MR) is 159 cm³/mol. The van der Waals surface area contributed by atoms with E-state index in [2.05, 4.69) is 35.4 Å². The Hall–Kier alpha value is -4.29. The quantitative estimate of drug-likeness (QED) is 0.0927. The van der Waals surface area contributed by atoms with Gasteiger partial charge in [0.05, 0.1) is 12.1 Å². The molecule has 3 rings (SSSR count). The molecule has 0 unspecified atom stereocenters. The predicted octanol–water partition coefficient (Wildman–Crippen LogP) is 6.40. The van der Waals surface area contributed by atoms with Crippen molar-refractivity contribution in [3.8, 4) is 0 Å². The molecule has 1 amide bonds. The van der Waals surface area contributed by atoms with Crippen molar-refractivity contribution < 1.29 is 46.5 Å². The number of allylic oxidation sites excluding steroid dienone is 1. The third-order valence-corrected chi connectivity index (χ3v) is 6.49. The normalized spacial score (nSPS) is 12.3. The number of halogens is 5. The Balaban J connectivity index is 0.000000900. The number of carbonyl (C=O) groups excluding carboxylic acids is 1. The summed E-state index contributed by atoms with van der Waals surface area (Å²) in [5.41, 5.74) is 4.64. The van der Waals surface area contributed by atoms with Gasteiger partial charge >= 0.3 is 18.2 Å². The second-order valence-corrected chi connectivity index (χ2v) is 10.2. The van der Waals surface area contributed by atoms with Gasteiger partial charge in [0.15, 0.2) is 0 Å². The molecule has 3 aromatic rings. The molecule has 0 bridgehead atoms. The highest BCUT2D eigenvalue weighted by Gasteiger charge is 2.38. The van der Waals surface area contributed by atoms with Crippen molar-refractivity contribution in [3.05, 3.63) is 119 Å². The summed E-state index contributed by atoms with van der Waals surface area (Å²) in [6.45, 7) is 6.56. The topological polar surface area (TPSA) is 108 Å². The van der Waals surface area contributed by atoms with Crippen LogP contribution in [0.3, 0.4) is 0 Å². The summed E-state index contributed by atoms with van der Waals surface area (Å²) in [6, 6.07) is 17.9. The molecule has 4 N–H and O–H groups in total. The van der Waals surface area contributed by atoms with Crippen molar-refractivity contribution in [1.82, 2.24) is 10.6 Å². The number of aliphatic hydroxyl groups excluding tert-OH is 1. The number of ether oxygens (including phenoxy) is 1. The molecule has 0 spiro atoms. The van der Waals surface area contributed by atoms with Gasteiger partial charge in [0.2, 0.25) is 0 Å². The number of carboxylic acid groups (broad SMARTS) is 1. The average molecular weight is 637 g/mol. The van der Waals surface area contributed by atoms with Crippen molar-refractivity contribution in [2.75, 3.05) is 6.54 Å². The number of rotatable bonds is 14. The van der Waals surface area contributed by atoms with E-state index < -0.39 is 42.0 Å². The van der Waals surface area contributed by atoms with Crippen LogP contribution in [-0.2, 0) is 35.5 Å². The molecule has 0 aliphatic carbocycles. The molecule has 45 heavy (non-hydrogen) atoms. The molecule has 0 aliphatic heterocycles. The molecular weight excluding hydrogens is 599 g/mol. The minimum absolute atomic E-state index is 0.0230. The molecule has 0 aliphatic rings. The summed E-state index contributed by atoms with van der Waals surface area (Å²) in [5.74, 6) is -4.20. The molecule has 0 fully saturated rings. The summed E-state index contributed by atoms with van der Waals surface area (Å²) in [4.78, 5) is 21.4. The molecule has 7 nitrogen and oxygen atoms in total. The largest absolute Gasteiger partial charge is 0.490 e. The summed E-state index contributed by atoms with van der Waals surface area (Å²) in [6.07, 6.45) is -2.05.